The lowest BCUT2D eigenvalue weighted by molar-refractivity contribution is 0.0939. The van der Waals surface area contributed by atoms with Crippen LogP contribution in [0.5, 0.6) is 5.75 Å². The van der Waals surface area contributed by atoms with Crippen molar-refractivity contribution in [2.75, 3.05) is 21.2 Å². The summed E-state index contributed by atoms with van der Waals surface area (Å²) in [4.78, 5) is 12.5. The van der Waals surface area contributed by atoms with Crippen molar-refractivity contribution in [1.29, 1.82) is 0 Å². The number of nitrogens with zero attached hydrogens (tertiary/aromatic N) is 1. The van der Waals surface area contributed by atoms with Crippen molar-refractivity contribution in [3.8, 4) is 5.75 Å². The monoisotopic (exact) mass is 362 g/mol. The Morgan fingerprint density at radius 3 is 2.32 bits per heavy atom. The molecule has 2 rings (SSSR count). The molecule has 0 fully saturated rings. The van der Waals surface area contributed by atoms with Crippen LogP contribution in [0.2, 0.25) is 0 Å². The zero-order chi connectivity index (χ0) is 18.6. The molecule has 0 spiro atoms. The number of sulfonamides is 1. The Labute approximate surface area is 148 Å². The fourth-order valence-electron chi connectivity index (χ4n) is 2.32. The van der Waals surface area contributed by atoms with Crippen LogP contribution in [0, 0.1) is 0 Å². The van der Waals surface area contributed by atoms with Gasteiger partial charge in [0.05, 0.1) is 13.2 Å². The van der Waals surface area contributed by atoms with Crippen molar-refractivity contribution in [2.24, 2.45) is 0 Å². The van der Waals surface area contributed by atoms with Crippen molar-refractivity contribution >= 4 is 15.9 Å². The molecule has 0 aliphatic rings. The van der Waals surface area contributed by atoms with Crippen molar-refractivity contribution in [3.05, 3.63) is 59.7 Å². The van der Waals surface area contributed by atoms with Gasteiger partial charge in [0.15, 0.2) is 0 Å². The highest BCUT2D eigenvalue weighted by atomic mass is 32.2. The summed E-state index contributed by atoms with van der Waals surface area (Å²) in [6, 6.07) is 13.7. The van der Waals surface area contributed by atoms with Crippen LogP contribution in [-0.4, -0.2) is 39.8 Å². The second kappa shape index (κ2) is 7.67. The number of hydrogen-bond donors (Lipinski definition) is 1. The van der Waals surface area contributed by atoms with Crippen molar-refractivity contribution < 1.29 is 17.9 Å². The van der Waals surface area contributed by atoms with Crippen LogP contribution < -0.4 is 10.1 Å². The van der Waals surface area contributed by atoms with Gasteiger partial charge in [0, 0.05) is 19.7 Å². The molecule has 7 heteroatoms. The Kier molecular flexibility index (Phi) is 5.81. The number of carbonyl (C=O) groups is 1. The summed E-state index contributed by atoms with van der Waals surface area (Å²) in [6.45, 7) is 1.87. The quantitative estimate of drug-likeness (QED) is 0.856. The number of rotatable bonds is 6. The number of methoxy groups -OCH3 is 1. The first-order chi connectivity index (χ1) is 11.8. The number of ether oxygens (including phenoxy) is 1. The molecule has 0 unspecified atom stereocenters. The molecular formula is C18H22N2O4S. The summed E-state index contributed by atoms with van der Waals surface area (Å²) in [6.07, 6.45) is 0. The molecule has 2 aromatic rings. The Balaban J connectivity index is 2.32. The average molecular weight is 362 g/mol. The van der Waals surface area contributed by atoms with Crippen molar-refractivity contribution in [2.45, 2.75) is 17.9 Å². The molecule has 2 aromatic carbocycles. The number of hydrogen-bond acceptors (Lipinski definition) is 4. The number of amides is 1. The first-order valence-corrected chi connectivity index (χ1v) is 9.17. The fourth-order valence-corrected chi connectivity index (χ4v) is 3.40. The van der Waals surface area contributed by atoms with Crippen molar-refractivity contribution in [1.82, 2.24) is 9.62 Å². The summed E-state index contributed by atoms with van der Waals surface area (Å²) in [5.74, 6) is -0.157. The second-order valence-corrected chi connectivity index (χ2v) is 7.88. The van der Waals surface area contributed by atoms with Gasteiger partial charge in [-0.05, 0) is 30.7 Å². The molecule has 1 atom stereocenters. The molecule has 6 nitrogen and oxygen atoms in total. The van der Waals surface area contributed by atoms with Crippen LogP contribution in [0.1, 0.15) is 28.9 Å². The minimum atomic E-state index is -3.73. The smallest absolute Gasteiger partial charge is 0.251 e. The van der Waals surface area contributed by atoms with Gasteiger partial charge in [-0.15, -0.1) is 0 Å². The summed E-state index contributed by atoms with van der Waals surface area (Å²) < 4.78 is 31.1. The summed E-state index contributed by atoms with van der Waals surface area (Å²) >= 11 is 0. The van der Waals surface area contributed by atoms with Gasteiger partial charge in [0.1, 0.15) is 10.6 Å². The average Bonchev–Trinajstić information content (AvgIpc) is 2.61. The molecule has 0 saturated heterocycles. The van der Waals surface area contributed by atoms with Crippen molar-refractivity contribution in [3.63, 3.8) is 0 Å². The van der Waals surface area contributed by atoms with E-state index in [9.17, 15) is 13.2 Å². The van der Waals surface area contributed by atoms with Gasteiger partial charge in [0.25, 0.3) is 5.91 Å². The molecule has 0 aromatic heterocycles. The highest BCUT2D eigenvalue weighted by Gasteiger charge is 2.24. The van der Waals surface area contributed by atoms with Gasteiger partial charge in [-0.25, -0.2) is 12.7 Å². The molecule has 1 N–H and O–H groups in total. The summed E-state index contributed by atoms with van der Waals surface area (Å²) in [5.41, 5.74) is 1.22. The lowest BCUT2D eigenvalue weighted by Crippen LogP contribution is -2.27. The van der Waals surface area contributed by atoms with Crippen LogP contribution in [-0.2, 0) is 10.0 Å². The maximum atomic E-state index is 12.5. The Morgan fingerprint density at radius 2 is 1.76 bits per heavy atom. The van der Waals surface area contributed by atoms with Gasteiger partial charge in [0.2, 0.25) is 10.0 Å². The second-order valence-electron chi connectivity index (χ2n) is 5.76. The fraction of sp³-hybridized carbons (Fsp3) is 0.278. The van der Waals surface area contributed by atoms with Gasteiger partial charge >= 0.3 is 0 Å². The predicted molar refractivity (Wildman–Crippen MR) is 96.2 cm³/mol. The molecule has 0 radical (unpaired) electrons. The van der Waals surface area contributed by atoms with E-state index in [1.807, 2.05) is 37.3 Å². The third kappa shape index (κ3) is 4.18. The first kappa shape index (κ1) is 19.0. The number of carbonyl (C=O) groups excluding carboxylic acids is 1. The maximum absolute atomic E-state index is 12.5. The lowest BCUT2D eigenvalue weighted by Gasteiger charge is -2.17. The van der Waals surface area contributed by atoms with Crippen LogP contribution in [0.15, 0.2) is 53.4 Å². The van der Waals surface area contributed by atoms with Crippen LogP contribution in [0.4, 0.5) is 0 Å². The van der Waals surface area contributed by atoms with E-state index in [1.165, 1.54) is 33.3 Å². The molecule has 1 amide bonds. The van der Waals surface area contributed by atoms with E-state index in [-0.39, 0.29) is 28.2 Å². The highest BCUT2D eigenvalue weighted by molar-refractivity contribution is 7.89. The van der Waals surface area contributed by atoms with E-state index in [4.69, 9.17) is 4.74 Å². The van der Waals surface area contributed by atoms with Crippen LogP contribution in [0.3, 0.4) is 0 Å². The standard InChI is InChI=1S/C18H22N2O4S/c1-13(14-8-6-5-7-9-14)19-18(21)15-10-11-16(24-4)17(12-15)25(22,23)20(2)3/h5-13H,1-4H3,(H,19,21)/t13-/m1/s1. The number of benzene rings is 2. The van der Waals surface area contributed by atoms with E-state index in [2.05, 4.69) is 5.32 Å². The third-order valence-corrected chi connectivity index (χ3v) is 5.67. The Bertz CT molecular complexity index is 849. The van der Waals surface area contributed by atoms with Gasteiger partial charge < -0.3 is 10.1 Å². The SMILES string of the molecule is COc1ccc(C(=O)N[C@H](C)c2ccccc2)cc1S(=O)(=O)N(C)C. The normalized spacial score (nSPS) is 12.7. The molecule has 25 heavy (non-hydrogen) atoms. The number of nitrogens with one attached hydrogen (secondary N) is 1. The zero-order valence-electron chi connectivity index (χ0n) is 14.7. The molecule has 0 aliphatic carbocycles. The van der Waals surface area contributed by atoms with Crippen LogP contribution >= 0.6 is 0 Å². The molecule has 0 heterocycles. The zero-order valence-corrected chi connectivity index (χ0v) is 15.5. The van der Waals surface area contributed by atoms with E-state index in [0.717, 1.165) is 9.87 Å². The largest absolute Gasteiger partial charge is 0.495 e. The highest BCUT2D eigenvalue weighted by Crippen LogP contribution is 2.27. The Morgan fingerprint density at radius 1 is 1.12 bits per heavy atom. The first-order valence-electron chi connectivity index (χ1n) is 7.73. The minimum Gasteiger partial charge on any atom is -0.495 e. The van der Waals surface area contributed by atoms with E-state index >= 15 is 0 Å². The van der Waals surface area contributed by atoms with Gasteiger partial charge in [-0.1, -0.05) is 30.3 Å². The summed E-state index contributed by atoms with van der Waals surface area (Å²) in [5, 5.41) is 2.87. The van der Waals surface area contributed by atoms with E-state index in [0.29, 0.717) is 0 Å². The van der Waals surface area contributed by atoms with E-state index in [1.54, 1.807) is 6.07 Å². The molecule has 134 valence electrons. The maximum Gasteiger partial charge on any atom is 0.251 e. The molecule has 0 aliphatic heterocycles. The predicted octanol–water partition coefficient (Wildman–Crippen LogP) is 2.44. The topological polar surface area (TPSA) is 75.7 Å². The third-order valence-electron chi connectivity index (χ3n) is 3.83. The Hall–Kier alpha value is -2.38. The molecule has 0 saturated carbocycles. The lowest BCUT2D eigenvalue weighted by atomic mass is 10.1. The van der Waals surface area contributed by atoms with Crippen LogP contribution in [0.25, 0.3) is 0 Å². The van der Waals surface area contributed by atoms with E-state index < -0.39 is 10.0 Å². The van der Waals surface area contributed by atoms with Gasteiger partial charge in [-0.2, -0.15) is 0 Å². The molecular weight excluding hydrogens is 340 g/mol. The molecule has 0 bridgehead atoms. The summed E-state index contributed by atoms with van der Waals surface area (Å²) in [7, 11) is 0.521. The minimum absolute atomic E-state index is 0.0417. The van der Waals surface area contributed by atoms with Gasteiger partial charge in [-0.3, -0.25) is 4.79 Å².